The minimum absolute atomic E-state index is 0.0341. The van der Waals surface area contributed by atoms with E-state index in [1.165, 1.54) is 0 Å². The number of amides is 2. The number of ether oxygens (including phenoxy) is 1. The number of hydrogen-bond acceptors (Lipinski definition) is 4. The molecule has 0 spiro atoms. The summed E-state index contributed by atoms with van der Waals surface area (Å²) in [5, 5.41) is 11.4. The molecule has 0 radical (unpaired) electrons. The molecular formula is C14H24N2O5. The smallest absolute Gasteiger partial charge is 0.317 e. The van der Waals surface area contributed by atoms with E-state index in [1.54, 1.807) is 18.7 Å². The standard InChI is InChI=1S/C14H24N2O5/c1-3-21-13(19)11-6-8-16(9-7-11)14(20)15-10(2)4-5-12(17)18/h10-11H,3-9H2,1-2H3,(H,15,20)(H,17,18). The molecule has 2 N–H and O–H groups in total. The first kappa shape index (κ1) is 17.3. The Morgan fingerprint density at radius 2 is 1.95 bits per heavy atom. The van der Waals surface area contributed by atoms with Crippen LogP contribution in [0.15, 0.2) is 0 Å². The molecule has 1 heterocycles. The maximum absolute atomic E-state index is 12.0. The third-order valence-corrected chi connectivity index (χ3v) is 3.56. The van der Waals surface area contributed by atoms with Gasteiger partial charge in [0.05, 0.1) is 12.5 Å². The Balaban J connectivity index is 2.31. The normalized spacial score (nSPS) is 17.1. The molecule has 1 aliphatic rings. The van der Waals surface area contributed by atoms with Gasteiger partial charge in [0.1, 0.15) is 0 Å². The first-order chi connectivity index (χ1) is 9.93. The average Bonchev–Trinajstić information content (AvgIpc) is 2.45. The van der Waals surface area contributed by atoms with Crippen LogP contribution in [-0.2, 0) is 14.3 Å². The van der Waals surface area contributed by atoms with Crippen molar-refractivity contribution in [2.45, 2.75) is 45.6 Å². The van der Waals surface area contributed by atoms with Crippen molar-refractivity contribution in [3.05, 3.63) is 0 Å². The summed E-state index contributed by atoms with van der Waals surface area (Å²) >= 11 is 0. The number of likely N-dealkylation sites (tertiary alicyclic amines) is 1. The number of hydrogen-bond donors (Lipinski definition) is 2. The Labute approximate surface area is 124 Å². The Hall–Kier alpha value is -1.79. The Morgan fingerprint density at radius 1 is 1.33 bits per heavy atom. The van der Waals surface area contributed by atoms with Gasteiger partial charge in [-0.15, -0.1) is 0 Å². The van der Waals surface area contributed by atoms with E-state index in [9.17, 15) is 14.4 Å². The quantitative estimate of drug-likeness (QED) is 0.719. The van der Waals surface area contributed by atoms with Gasteiger partial charge in [-0.25, -0.2) is 4.79 Å². The van der Waals surface area contributed by atoms with Crippen molar-refractivity contribution >= 4 is 18.0 Å². The largest absolute Gasteiger partial charge is 0.481 e. The second-order valence-corrected chi connectivity index (χ2v) is 5.30. The molecule has 120 valence electrons. The third-order valence-electron chi connectivity index (χ3n) is 3.56. The van der Waals surface area contributed by atoms with Gasteiger partial charge in [-0.2, -0.15) is 0 Å². The highest BCUT2D eigenvalue weighted by molar-refractivity contribution is 5.76. The predicted molar refractivity (Wildman–Crippen MR) is 75.8 cm³/mol. The van der Waals surface area contributed by atoms with Crippen LogP contribution in [0.25, 0.3) is 0 Å². The lowest BCUT2D eigenvalue weighted by molar-refractivity contribution is -0.149. The molecule has 1 aliphatic heterocycles. The fraction of sp³-hybridized carbons (Fsp3) is 0.786. The van der Waals surface area contributed by atoms with Crippen molar-refractivity contribution in [2.24, 2.45) is 5.92 Å². The third kappa shape index (κ3) is 6.01. The number of nitrogens with zero attached hydrogens (tertiary/aromatic N) is 1. The maximum Gasteiger partial charge on any atom is 0.317 e. The van der Waals surface area contributed by atoms with Crippen LogP contribution in [0, 0.1) is 5.92 Å². The van der Waals surface area contributed by atoms with E-state index in [0.29, 0.717) is 39.0 Å². The number of carboxylic acids is 1. The molecule has 1 saturated heterocycles. The van der Waals surface area contributed by atoms with Crippen molar-refractivity contribution < 1.29 is 24.2 Å². The van der Waals surface area contributed by atoms with E-state index in [0.717, 1.165) is 0 Å². The topological polar surface area (TPSA) is 95.9 Å². The summed E-state index contributed by atoms with van der Waals surface area (Å²) in [6.45, 7) is 4.97. The first-order valence-electron chi connectivity index (χ1n) is 7.37. The Kier molecular flexibility index (Phi) is 6.98. The van der Waals surface area contributed by atoms with Gasteiger partial charge in [0, 0.05) is 25.6 Å². The molecule has 21 heavy (non-hydrogen) atoms. The van der Waals surface area contributed by atoms with Gasteiger partial charge in [0.2, 0.25) is 0 Å². The second kappa shape index (κ2) is 8.49. The predicted octanol–water partition coefficient (Wildman–Crippen LogP) is 1.22. The number of rotatable bonds is 6. The van der Waals surface area contributed by atoms with E-state index in [4.69, 9.17) is 9.84 Å². The van der Waals surface area contributed by atoms with Crippen LogP contribution in [0.3, 0.4) is 0 Å². The first-order valence-corrected chi connectivity index (χ1v) is 7.37. The molecule has 1 unspecified atom stereocenters. The molecule has 1 fully saturated rings. The van der Waals surface area contributed by atoms with Gasteiger partial charge in [-0.1, -0.05) is 0 Å². The molecule has 1 atom stereocenters. The highest BCUT2D eigenvalue weighted by Crippen LogP contribution is 2.18. The highest BCUT2D eigenvalue weighted by Gasteiger charge is 2.28. The van der Waals surface area contributed by atoms with Crippen LogP contribution < -0.4 is 5.32 Å². The molecule has 0 saturated carbocycles. The van der Waals surface area contributed by atoms with Crippen LogP contribution in [0.1, 0.15) is 39.5 Å². The molecule has 0 aromatic carbocycles. The second-order valence-electron chi connectivity index (χ2n) is 5.30. The molecule has 2 amide bonds. The fourth-order valence-corrected chi connectivity index (χ4v) is 2.29. The Morgan fingerprint density at radius 3 is 2.48 bits per heavy atom. The number of urea groups is 1. The lowest BCUT2D eigenvalue weighted by Gasteiger charge is -2.31. The molecular weight excluding hydrogens is 276 g/mol. The van der Waals surface area contributed by atoms with Crippen LogP contribution in [-0.4, -0.2) is 53.7 Å². The summed E-state index contributed by atoms with van der Waals surface area (Å²) in [6, 6.07) is -0.383. The SMILES string of the molecule is CCOC(=O)C1CCN(C(=O)NC(C)CCC(=O)O)CC1. The maximum atomic E-state index is 12.0. The molecule has 1 rings (SSSR count). The molecule has 0 aromatic rings. The van der Waals surface area contributed by atoms with Crippen molar-refractivity contribution in [1.82, 2.24) is 10.2 Å². The zero-order valence-electron chi connectivity index (χ0n) is 12.6. The highest BCUT2D eigenvalue weighted by atomic mass is 16.5. The minimum Gasteiger partial charge on any atom is -0.481 e. The molecule has 0 bridgehead atoms. The van der Waals surface area contributed by atoms with E-state index >= 15 is 0 Å². The number of esters is 1. The summed E-state index contributed by atoms with van der Waals surface area (Å²) in [5.74, 6) is -1.18. The average molecular weight is 300 g/mol. The van der Waals surface area contributed by atoms with E-state index in [-0.39, 0.29) is 30.4 Å². The summed E-state index contributed by atoms with van der Waals surface area (Å²) in [5.41, 5.74) is 0. The van der Waals surface area contributed by atoms with Crippen molar-refractivity contribution in [3.63, 3.8) is 0 Å². The van der Waals surface area contributed by atoms with Gasteiger partial charge < -0.3 is 20.1 Å². The molecule has 7 heteroatoms. The summed E-state index contributed by atoms with van der Waals surface area (Å²) < 4.78 is 4.98. The minimum atomic E-state index is -0.869. The monoisotopic (exact) mass is 300 g/mol. The number of carbonyl (C=O) groups excluding carboxylic acids is 2. The van der Waals surface area contributed by atoms with Gasteiger partial charge >= 0.3 is 18.0 Å². The number of aliphatic carboxylic acids is 1. The number of carbonyl (C=O) groups is 3. The van der Waals surface area contributed by atoms with Gasteiger partial charge in [0.25, 0.3) is 0 Å². The lowest BCUT2D eigenvalue weighted by Crippen LogP contribution is -2.48. The van der Waals surface area contributed by atoms with Crippen molar-refractivity contribution in [1.29, 1.82) is 0 Å². The van der Waals surface area contributed by atoms with Gasteiger partial charge in [-0.05, 0) is 33.1 Å². The number of nitrogens with one attached hydrogen (secondary N) is 1. The summed E-state index contributed by atoms with van der Waals surface area (Å²) in [7, 11) is 0. The van der Waals surface area contributed by atoms with Crippen molar-refractivity contribution in [3.8, 4) is 0 Å². The van der Waals surface area contributed by atoms with Gasteiger partial charge in [0.15, 0.2) is 0 Å². The summed E-state index contributed by atoms with van der Waals surface area (Å²) in [4.78, 5) is 35.7. The zero-order valence-corrected chi connectivity index (χ0v) is 12.6. The number of piperidine rings is 1. The van der Waals surface area contributed by atoms with Crippen LogP contribution in [0.2, 0.25) is 0 Å². The molecule has 0 aliphatic carbocycles. The summed E-state index contributed by atoms with van der Waals surface area (Å²) in [6.07, 6.45) is 1.65. The van der Waals surface area contributed by atoms with Crippen molar-refractivity contribution in [2.75, 3.05) is 19.7 Å². The Bertz CT molecular complexity index is 378. The van der Waals surface area contributed by atoms with Crippen LogP contribution in [0.4, 0.5) is 4.79 Å². The number of carboxylic acid groups (broad SMARTS) is 1. The molecule has 0 aromatic heterocycles. The lowest BCUT2D eigenvalue weighted by atomic mass is 9.97. The van der Waals surface area contributed by atoms with Crippen LogP contribution >= 0.6 is 0 Å². The van der Waals surface area contributed by atoms with E-state index in [2.05, 4.69) is 5.32 Å². The van der Waals surface area contributed by atoms with E-state index in [1.807, 2.05) is 0 Å². The van der Waals surface area contributed by atoms with Crippen LogP contribution in [0.5, 0.6) is 0 Å². The zero-order chi connectivity index (χ0) is 15.8. The van der Waals surface area contributed by atoms with Gasteiger partial charge in [-0.3, -0.25) is 9.59 Å². The van der Waals surface area contributed by atoms with E-state index < -0.39 is 5.97 Å². The fourth-order valence-electron chi connectivity index (χ4n) is 2.29. The molecule has 7 nitrogen and oxygen atoms in total.